The zero-order valence-electron chi connectivity index (χ0n) is 17.8. The van der Waals surface area contributed by atoms with Crippen molar-refractivity contribution in [3.8, 4) is 16.9 Å². The summed E-state index contributed by atoms with van der Waals surface area (Å²) in [5.74, 6) is 1.23. The van der Waals surface area contributed by atoms with Crippen LogP contribution >= 0.6 is 0 Å². The molecule has 2 aromatic heterocycles. The molecule has 0 aliphatic carbocycles. The fourth-order valence-electron chi connectivity index (χ4n) is 3.86. The van der Waals surface area contributed by atoms with E-state index in [0.717, 1.165) is 46.2 Å². The van der Waals surface area contributed by atoms with Crippen LogP contribution < -0.4 is 4.74 Å². The number of fused-ring (bicyclic) bond motifs is 1. The van der Waals surface area contributed by atoms with Crippen molar-refractivity contribution in [1.82, 2.24) is 4.40 Å². The summed E-state index contributed by atoms with van der Waals surface area (Å²) in [5, 5.41) is 0. The summed E-state index contributed by atoms with van der Waals surface area (Å²) in [4.78, 5) is 12.1. The average molecular weight is 398 g/mol. The van der Waals surface area contributed by atoms with Crippen LogP contribution in [0, 0.1) is 6.92 Å². The van der Waals surface area contributed by atoms with Crippen molar-refractivity contribution >= 4 is 11.8 Å². The van der Waals surface area contributed by atoms with Crippen LogP contribution in [-0.4, -0.2) is 10.7 Å². The van der Waals surface area contributed by atoms with Gasteiger partial charge in [0.1, 0.15) is 12.4 Å². The Kier molecular flexibility index (Phi) is 5.71. The third kappa shape index (κ3) is 3.76. The number of nitrogens with zero attached hydrogens (tertiary/aromatic N) is 1. The van der Waals surface area contributed by atoms with E-state index in [1.807, 2.05) is 40.9 Å². The highest BCUT2D eigenvalue weighted by atomic mass is 16.5. The number of carbonyl (C=O) groups is 1. The molecule has 3 heteroatoms. The van der Waals surface area contributed by atoms with Crippen LogP contribution in [0.25, 0.3) is 16.6 Å². The third-order valence-corrected chi connectivity index (χ3v) is 5.89. The van der Waals surface area contributed by atoms with Gasteiger partial charge < -0.3 is 9.14 Å². The van der Waals surface area contributed by atoms with Crippen molar-refractivity contribution in [3.63, 3.8) is 0 Å². The smallest absolute Gasteiger partial charge is 0.167 e. The number of aromatic nitrogens is 1. The highest BCUT2D eigenvalue weighted by Crippen LogP contribution is 2.37. The number of rotatable bonds is 7. The predicted octanol–water partition coefficient (Wildman–Crippen LogP) is 6.82. The lowest BCUT2D eigenvalue weighted by Gasteiger charge is -2.16. The maximum absolute atomic E-state index is 12.1. The van der Waals surface area contributed by atoms with Crippen LogP contribution in [0.5, 0.6) is 5.75 Å². The van der Waals surface area contributed by atoms with Crippen LogP contribution in [0.15, 0.2) is 72.9 Å². The maximum Gasteiger partial charge on any atom is 0.167 e. The van der Waals surface area contributed by atoms with Gasteiger partial charge in [-0.3, -0.25) is 4.79 Å². The highest BCUT2D eigenvalue weighted by Gasteiger charge is 2.18. The number of ether oxygens (including phenoxy) is 1. The maximum atomic E-state index is 12.1. The van der Waals surface area contributed by atoms with E-state index < -0.39 is 0 Å². The van der Waals surface area contributed by atoms with Gasteiger partial charge in [0.25, 0.3) is 0 Å². The Hall–Kier alpha value is -3.33. The number of hydrogen-bond acceptors (Lipinski definition) is 2. The summed E-state index contributed by atoms with van der Waals surface area (Å²) in [5.41, 5.74) is 7.07. The van der Waals surface area contributed by atoms with Gasteiger partial charge in [-0.1, -0.05) is 56.3 Å². The quantitative estimate of drug-likeness (QED) is 0.320. The van der Waals surface area contributed by atoms with Gasteiger partial charge in [0.2, 0.25) is 0 Å². The SMILES string of the molecule is CCC(C)c1ccc(OCc2ccccc2)c(-c2cc3c(C)cccn3c2C=O)c1. The summed E-state index contributed by atoms with van der Waals surface area (Å²) in [6.07, 6.45) is 3.94. The Morgan fingerprint density at radius 1 is 1.00 bits per heavy atom. The first-order valence-electron chi connectivity index (χ1n) is 10.5. The summed E-state index contributed by atoms with van der Waals surface area (Å²) in [6.45, 7) is 6.97. The first-order chi connectivity index (χ1) is 14.6. The molecule has 2 heterocycles. The molecule has 1 atom stereocenters. The highest BCUT2D eigenvalue weighted by molar-refractivity contribution is 5.92. The van der Waals surface area contributed by atoms with Crippen molar-refractivity contribution in [3.05, 3.63) is 95.3 Å². The summed E-state index contributed by atoms with van der Waals surface area (Å²) < 4.78 is 8.21. The zero-order chi connectivity index (χ0) is 21.1. The minimum absolute atomic E-state index is 0.436. The molecule has 4 rings (SSSR count). The van der Waals surface area contributed by atoms with Crippen LogP contribution in [0.2, 0.25) is 0 Å². The van der Waals surface area contributed by atoms with E-state index in [1.165, 1.54) is 5.56 Å². The minimum Gasteiger partial charge on any atom is -0.488 e. The van der Waals surface area contributed by atoms with Gasteiger partial charge in [0.05, 0.1) is 5.69 Å². The van der Waals surface area contributed by atoms with E-state index in [-0.39, 0.29) is 0 Å². The molecule has 0 aliphatic heterocycles. The Bertz CT molecular complexity index is 1170. The molecule has 0 aliphatic rings. The monoisotopic (exact) mass is 397 g/mol. The topological polar surface area (TPSA) is 30.7 Å². The van der Waals surface area contributed by atoms with Gasteiger partial charge in [-0.05, 0) is 60.2 Å². The molecule has 152 valence electrons. The fourth-order valence-corrected chi connectivity index (χ4v) is 3.86. The zero-order valence-corrected chi connectivity index (χ0v) is 17.8. The Balaban J connectivity index is 1.85. The standard InChI is InChI=1S/C27H27NO2/c1-4-19(2)22-12-13-27(30-18-21-10-6-5-7-11-21)24(15-22)23-16-25-20(3)9-8-14-28(25)26(23)17-29/h5-17,19H,4,18H2,1-3H3. The number of pyridine rings is 1. The van der Waals surface area contributed by atoms with Gasteiger partial charge in [-0.15, -0.1) is 0 Å². The van der Waals surface area contributed by atoms with Crippen molar-refractivity contribution in [2.75, 3.05) is 0 Å². The summed E-state index contributed by atoms with van der Waals surface area (Å²) in [7, 11) is 0. The van der Waals surface area contributed by atoms with Crippen LogP contribution in [0.3, 0.4) is 0 Å². The van der Waals surface area contributed by atoms with Crippen molar-refractivity contribution < 1.29 is 9.53 Å². The van der Waals surface area contributed by atoms with Gasteiger partial charge >= 0.3 is 0 Å². The molecule has 2 aromatic carbocycles. The summed E-state index contributed by atoms with van der Waals surface area (Å²) in [6, 6.07) is 22.6. The molecule has 0 bridgehead atoms. The second-order valence-corrected chi connectivity index (χ2v) is 7.85. The van der Waals surface area contributed by atoms with E-state index in [2.05, 4.69) is 57.2 Å². The Morgan fingerprint density at radius 2 is 1.80 bits per heavy atom. The Morgan fingerprint density at radius 3 is 2.53 bits per heavy atom. The molecule has 0 saturated carbocycles. The van der Waals surface area contributed by atoms with Gasteiger partial charge in [0.15, 0.2) is 6.29 Å². The molecular weight excluding hydrogens is 370 g/mol. The molecule has 1 unspecified atom stereocenters. The van der Waals surface area contributed by atoms with Crippen molar-refractivity contribution in [1.29, 1.82) is 0 Å². The normalized spacial score (nSPS) is 12.1. The van der Waals surface area contributed by atoms with Crippen molar-refractivity contribution in [2.24, 2.45) is 0 Å². The van der Waals surface area contributed by atoms with E-state index in [1.54, 1.807) is 0 Å². The van der Waals surface area contributed by atoms with Crippen LogP contribution in [0.4, 0.5) is 0 Å². The van der Waals surface area contributed by atoms with E-state index in [0.29, 0.717) is 18.2 Å². The molecule has 3 nitrogen and oxygen atoms in total. The molecule has 0 spiro atoms. The lowest BCUT2D eigenvalue weighted by molar-refractivity contribution is 0.111. The largest absolute Gasteiger partial charge is 0.488 e. The van der Waals surface area contributed by atoms with Gasteiger partial charge in [-0.2, -0.15) is 0 Å². The minimum atomic E-state index is 0.436. The number of benzene rings is 2. The number of hydrogen-bond donors (Lipinski definition) is 0. The van der Waals surface area contributed by atoms with E-state index in [9.17, 15) is 4.79 Å². The lowest BCUT2D eigenvalue weighted by Crippen LogP contribution is -2.00. The molecule has 0 N–H and O–H groups in total. The van der Waals surface area contributed by atoms with E-state index in [4.69, 9.17) is 4.74 Å². The first kappa shape index (κ1) is 20.0. The molecular formula is C27H27NO2. The lowest BCUT2D eigenvalue weighted by atomic mass is 9.94. The number of aryl methyl sites for hydroxylation is 1. The van der Waals surface area contributed by atoms with Crippen molar-refractivity contribution in [2.45, 2.75) is 39.7 Å². The predicted molar refractivity (Wildman–Crippen MR) is 122 cm³/mol. The fraction of sp³-hybridized carbons (Fsp3) is 0.222. The number of aldehydes is 1. The van der Waals surface area contributed by atoms with Gasteiger partial charge in [-0.25, -0.2) is 0 Å². The third-order valence-electron chi connectivity index (χ3n) is 5.89. The molecule has 30 heavy (non-hydrogen) atoms. The molecule has 4 aromatic rings. The van der Waals surface area contributed by atoms with Crippen LogP contribution in [-0.2, 0) is 6.61 Å². The van der Waals surface area contributed by atoms with Crippen LogP contribution in [0.1, 0.15) is 53.4 Å². The second-order valence-electron chi connectivity index (χ2n) is 7.85. The Labute approximate surface area is 177 Å². The molecule has 0 amide bonds. The molecule has 0 radical (unpaired) electrons. The summed E-state index contributed by atoms with van der Waals surface area (Å²) >= 11 is 0. The second kappa shape index (κ2) is 8.58. The molecule has 0 fully saturated rings. The number of carbonyl (C=O) groups excluding carboxylic acids is 1. The van der Waals surface area contributed by atoms with Gasteiger partial charge in [0, 0.05) is 22.8 Å². The van der Waals surface area contributed by atoms with E-state index >= 15 is 0 Å². The first-order valence-corrected chi connectivity index (χ1v) is 10.5. The average Bonchev–Trinajstić information content (AvgIpc) is 3.17. The molecule has 0 saturated heterocycles.